The summed E-state index contributed by atoms with van der Waals surface area (Å²) in [6.45, 7) is 2.02. The van der Waals surface area contributed by atoms with Crippen LogP contribution < -0.4 is 5.32 Å². The predicted molar refractivity (Wildman–Crippen MR) is 35.3 cm³/mol. The molecule has 1 aliphatic rings. The van der Waals surface area contributed by atoms with E-state index in [-0.39, 0.29) is 0 Å². The molecular weight excluding hydrogens is 134 g/mol. The molecule has 0 spiro atoms. The zero-order chi connectivity index (χ0) is 6.10. The van der Waals surface area contributed by atoms with Crippen LogP contribution in [0.2, 0.25) is 0 Å². The van der Waals surface area contributed by atoms with Gasteiger partial charge in [-0.1, -0.05) is 4.49 Å². The molecule has 48 valence electrons. The number of hydrogen-bond acceptors (Lipinski definition) is 4. The fourth-order valence-electron chi connectivity index (χ4n) is 0.960. The van der Waals surface area contributed by atoms with Gasteiger partial charge in [0.05, 0.1) is 10.6 Å². The maximum atomic E-state index is 3.99. The monoisotopic (exact) mass is 141 g/mol. The summed E-state index contributed by atoms with van der Waals surface area (Å²) in [5.41, 5.74) is 1.19. The Kier molecular flexibility index (Phi) is 1.20. The topological polar surface area (TPSA) is 37.8 Å². The smallest absolute Gasteiger partial charge is 0.0813 e. The van der Waals surface area contributed by atoms with Gasteiger partial charge in [-0.15, -0.1) is 5.10 Å². The van der Waals surface area contributed by atoms with E-state index in [1.807, 2.05) is 0 Å². The summed E-state index contributed by atoms with van der Waals surface area (Å²) in [7, 11) is 0. The second-order valence-electron chi connectivity index (χ2n) is 2.07. The molecule has 1 aromatic rings. The van der Waals surface area contributed by atoms with Gasteiger partial charge in [0.25, 0.3) is 0 Å². The first-order valence-corrected chi connectivity index (χ1v) is 3.75. The molecule has 0 aliphatic carbocycles. The van der Waals surface area contributed by atoms with E-state index in [1.165, 1.54) is 22.1 Å². The van der Waals surface area contributed by atoms with Gasteiger partial charge in [0.15, 0.2) is 0 Å². The molecule has 0 fully saturated rings. The van der Waals surface area contributed by atoms with E-state index in [9.17, 15) is 0 Å². The van der Waals surface area contributed by atoms with Crippen LogP contribution in [0.15, 0.2) is 0 Å². The van der Waals surface area contributed by atoms with Gasteiger partial charge in [0.1, 0.15) is 0 Å². The van der Waals surface area contributed by atoms with Crippen molar-refractivity contribution >= 4 is 11.5 Å². The Morgan fingerprint density at radius 3 is 3.44 bits per heavy atom. The molecule has 0 radical (unpaired) electrons. The fourth-order valence-corrected chi connectivity index (χ4v) is 1.61. The van der Waals surface area contributed by atoms with Gasteiger partial charge < -0.3 is 5.32 Å². The average Bonchev–Trinajstić information content (AvgIpc) is 2.33. The molecule has 0 bridgehead atoms. The second-order valence-corrected chi connectivity index (χ2v) is 2.91. The van der Waals surface area contributed by atoms with E-state index in [0.717, 1.165) is 19.5 Å². The van der Waals surface area contributed by atoms with Crippen molar-refractivity contribution in [3.8, 4) is 0 Å². The van der Waals surface area contributed by atoms with Gasteiger partial charge in [-0.3, -0.25) is 0 Å². The zero-order valence-electron chi connectivity index (χ0n) is 4.92. The molecule has 3 nitrogen and oxygen atoms in total. The number of rotatable bonds is 0. The third kappa shape index (κ3) is 0.840. The molecular formula is C5H7N3S. The highest BCUT2D eigenvalue weighted by Gasteiger charge is 2.10. The third-order valence-electron chi connectivity index (χ3n) is 1.46. The Bertz CT molecular complexity index is 187. The van der Waals surface area contributed by atoms with Crippen LogP contribution in [0.5, 0.6) is 0 Å². The molecule has 0 aromatic carbocycles. The molecule has 0 atom stereocenters. The highest BCUT2D eigenvalue weighted by molar-refractivity contribution is 7.05. The van der Waals surface area contributed by atoms with Crippen LogP contribution in [0.3, 0.4) is 0 Å². The van der Waals surface area contributed by atoms with Crippen LogP contribution in [0.4, 0.5) is 0 Å². The Hall–Kier alpha value is -0.480. The van der Waals surface area contributed by atoms with Crippen LogP contribution >= 0.6 is 11.5 Å². The van der Waals surface area contributed by atoms with E-state index in [2.05, 4.69) is 14.9 Å². The second kappa shape index (κ2) is 2.04. The van der Waals surface area contributed by atoms with Crippen molar-refractivity contribution in [2.24, 2.45) is 0 Å². The molecule has 0 saturated carbocycles. The molecule has 0 amide bonds. The van der Waals surface area contributed by atoms with Gasteiger partial charge in [0, 0.05) is 19.5 Å². The lowest BCUT2D eigenvalue weighted by atomic mass is 10.2. The fraction of sp³-hybridized carbons (Fsp3) is 0.600. The zero-order valence-corrected chi connectivity index (χ0v) is 5.74. The Morgan fingerprint density at radius 1 is 1.56 bits per heavy atom. The molecule has 4 heteroatoms. The van der Waals surface area contributed by atoms with Crippen LogP contribution in [-0.2, 0) is 13.0 Å². The summed E-state index contributed by atoms with van der Waals surface area (Å²) < 4.78 is 3.86. The first kappa shape index (κ1) is 5.32. The molecule has 0 unspecified atom stereocenters. The summed E-state index contributed by atoms with van der Waals surface area (Å²) in [5, 5.41) is 7.24. The minimum atomic E-state index is 0.965. The van der Waals surface area contributed by atoms with Crippen molar-refractivity contribution in [1.82, 2.24) is 14.9 Å². The lowest BCUT2D eigenvalue weighted by Crippen LogP contribution is -2.22. The summed E-state index contributed by atoms with van der Waals surface area (Å²) in [6.07, 6.45) is 1.05. The number of nitrogens with one attached hydrogen (secondary N) is 1. The summed E-state index contributed by atoms with van der Waals surface area (Å²) in [4.78, 5) is 1.31. The molecule has 2 heterocycles. The summed E-state index contributed by atoms with van der Waals surface area (Å²) in [5.74, 6) is 0. The van der Waals surface area contributed by atoms with E-state index in [4.69, 9.17) is 0 Å². The van der Waals surface area contributed by atoms with E-state index < -0.39 is 0 Å². The number of nitrogens with zero attached hydrogens (tertiary/aromatic N) is 2. The van der Waals surface area contributed by atoms with Gasteiger partial charge in [-0.25, -0.2) is 0 Å². The minimum absolute atomic E-state index is 0.965. The van der Waals surface area contributed by atoms with Crippen LogP contribution in [0.25, 0.3) is 0 Å². The molecule has 9 heavy (non-hydrogen) atoms. The van der Waals surface area contributed by atoms with Crippen molar-refractivity contribution in [2.45, 2.75) is 13.0 Å². The molecule has 2 rings (SSSR count). The van der Waals surface area contributed by atoms with Crippen molar-refractivity contribution in [1.29, 1.82) is 0 Å². The van der Waals surface area contributed by atoms with Gasteiger partial charge in [-0.05, 0) is 11.5 Å². The average molecular weight is 141 g/mol. The Labute approximate surface area is 57.3 Å². The van der Waals surface area contributed by atoms with Gasteiger partial charge in [-0.2, -0.15) is 0 Å². The number of fused-ring (bicyclic) bond motifs is 1. The van der Waals surface area contributed by atoms with Crippen molar-refractivity contribution in [2.75, 3.05) is 6.54 Å². The van der Waals surface area contributed by atoms with Crippen molar-refractivity contribution in [3.05, 3.63) is 10.6 Å². The first-order chi connectivity index (χ1) is 4.47. The molecule has 1 aromatic heterocycles. The lowest BCUT2D eigenvalue weighted by molar-refractivity contribution is 0.641. The quantitative estimate of drug-likeness (QED) is 0.560. The van der Waals surface area contributed by atoms with Crippen LogP contribution in [0, 0.1) is 0 Å². The van der Waals surface area contributed by atoms with Gasteiger partial charge in [0.2, 0.25) is 0 Å². The van der Waals surface area contributed by atoms with Crippen LogP contribution in [0.1, 0.15) is 10.6 Å². The maximum absolute atomic E-state index is 3.99. The van der Waals surface area contributed by atoms with E-state index in [0.29, 0.717) is 0 Å². The molecule has 0 saturated heterocycles. The molecule has 1 aliphatic heterocycles. The Balaban J connectivity index is 2.39. The highest BCUT2D eigenvalue weighted by Crippen LogP contribution is 2.13. The maximum Gasteiger partial charge on any atom is 0.0813 e. The largest absolute Gasteiger partial charge is 0.311 e. The van der Waals surface area contributed by atoms with Gasteiger partial charge >= 0.3 is 0 Å². The lowest BCUT2D eigenvalue weighted by Gasteiger charge is -2.08. The van der Waals surface area contributed by atoms with E-state index >= 15 is 0 Å². The Morgan fingerprint density at radius 2 is 2.56 bits per heavy atom. The van der Waals surface area contributed by atoms with E-state index in [1.54, 1.807) is 0 Å². The number of hydrogen-bond donors (Lipinski definition) is 1. The van der Waals surface area contributed by atoms with Crippen molar-refractivity contribution < 1.29 is 0 Å². The predicted octanol–water partition coefficient (Wildman–Crippen LogP) is 0.184. The standard InChI is InChI=1S/C5H7N3S/c1-2-6-3-5-4(1)7-8-9-5/h6H,1-3H2. The first-order valence-electron chi connectivity index (χ1n) is 2.97. The van der Waals surface area contributed by atoms with Crippen molar-refractivity contribution in [3.63, 3.8) is 0 Å². The summed E-state index contributed by atoms with van der Waals surface area (Å²) in [6, 6.07) is 0. The third-order valence-corrected chi connectivity index (χ3v) is 2.22. The SMILES string of the molecule is C1Cc2nnsc2CN1. The highest BCUT2D eigenvalue weighted by atomic mass is 32.1. The molecule has 1 N–H and O–H groups in total. The number of aromatic nitrogens is 2. The van der Waals surface area contributed by atoms with Crippen LogP contribution in [-0.4, -0.2) is 16.1 Å². The normalized spacial score (nSPS) is 17.3. The minimum Gasteiger partial charge on any atom is -0.311 e. The summed E-state index contributed by atoms with van der Waals surface area (Å²) >= 11 is 1.50.